The molecule has 23 heavy (non-hydrogen) atoms. The van der Waals surface area contributed by atoms with Gasteiger partial charge in [0.25, 0.3) is 0 Å². The summed E-state index contributed by atoms with van der Waals surface area (Å²) in [6.45, 7) is 8.57. The van der Waals surface area contributed by atoms with Gasteiger partial charge in [-0.25, -0.2) is 13.1 Å². The van der Waals surface area contributed by atoms with E-state index in [0.29, 0.717) is 17.8 Å². The molecule has 1 heterocycles. The molecule has 1 aromatic carbocycles. The average molecular weight is 339 g/mol. The molecule has 0 bridgehead atoms. The van der Waals surface area contributed by atoms with Crippen LogP contribution in [0, 0.1) is 12.8 Å². The Morgan fingerprint density at radius 2 is 2.00 bits per heavy atom. The molecule has 1 fully saturated rings. The van der Waals surface area contributed by atoms with E-state index in [4.69, 9.17) is 0 Å². The topological polar surface area (TPSA) is 87.3 Å². The van der Waals surface area contributed by atoms with Gasteiger partial charge < -0.3 is 10.6 Å². The molecule has 128 valence electrons. The summed E-state index contributed by atoms with van der Waals surface area (Å²) >= 11 is 0. The zero-order valence-corrected chi connectivity index (χ0v) is 14.9. The summed E-state index contributed by atoms with van der Waals surface area (Å²) in [5, 5.41) is 6.00. The fraction of sp³-hybridized carbons (Fsp3) is 0.562. The lowest BCUT2D eigenvalue weighted by Gasteiger charge is -2.22. The number of anilines is 1. The highest BCUT2D eigenvalue weighted by Gasteiger charge is 2.26. The first-order valence-corrected chi connectivity index (χ1v) is 9.24. The molecule has 0 aromatic heterocycles. The Hall–Kier alpha value is -1.44. The Bertz CT molecular complexity index is 687. The maximum absolute atomic E-state index is 12.5. The van der Waals surface area contributed by atoms with Crippen LogP contribution in [0.2, 0.25) is 0 Å². The fourth-order valence-corrected chi connectivity index (χ4v) is 4.30. The van der Waals surface area contributed by atoms with E-state index < -0.39 is 15.6 Å². The van der Waals surface area contributed by atoms with Crippen LogP contribution in [0.25, 0.3) is 0 Å². The number of rotatable bonds is 4. The van der Waals surface area contributed by atoms with Crippen LogP contribution in [0.1, 0.15) is 32.8 Å². The van der Waals surface area contributed by atoms with Crippen LogP contribution in [-0.4, -0.2) is 33.0 Å². The maximum atomic E-state index is 12.5. The van der Waals surface area contributed by atoms with Crippen LogP contribution in [0.4, 0.5) is 5.69 Å². The highest BCUT2D eigenvalue weighted by Crippen LogP contribution is 2.25. The van der Waals surface area contributed by atoms with Gasteiger partial charge in [-0.15, -0.1) is 0 Å². The number of hydrogen-bond acceptors (Lipinski definition) is 4. The van der Waals surface area contributed by atoms with E-state index in [0.717, 1.165) is 13.0 Å². The third kappa shape index (κ3) is 4.53. The van der Waals surface area contributed by atoms with Gasteiger partial charge in [-0.3, -0.25) is 4.79 Å². The molecule has 7 heteroatoms. The number of sulfonamides is 1. The van der Waals surface area contributed by atoms with Crippen molar-refractivity contribution in [2.45, 2.75) is 44.6 Å². The minimum atomic E-state index is -3.64. The molecule has 3 N–H and O–H groups in total. The van der Waals surface area contributed by atoms with E-state index >= 15 is 0 Å². The molecule has 1 aliphatic rings. The molecule has 1 atom stereocenters. The minimum absolute atomic E-state index is 0.0673. The molecule has 1 saturated heterocycles. The van der Waals surface area contributed by atoms with Crippen molar-refractivity contribution in [2.75, 3.05) is 18.4 Å². The lowest BCUT2D eigenvalue weighted by Crippen LogP contribution is -2.40. The number of carbonyl (C=O) groups excluding carboxylic acids is 1. The number of amides is 1. The third-order valence-corrected chi connectivity index (χ3v) is 5.61. The monoisotopic (exact) mass is 339 g/mol. The molecule has 2 rings (SSSR count). The second-order valence-corrected chi connectivity index (χ2v) is 8.61. The Morgan fingerprint density at radius 3 is 2.57 bits per heavy atom. The SMILES string of the molecule is Cc1c(NC(=O)C2CCNC2)cccc1S(=O)(=O)NC(C)(C)C. The molecule has 1 aliphatic heterocycles. The van der Waals surface area contributed by atoms with E-state index in [1.807, 2.05) is 0 Å². The summed E-state index contributed by atoms with van der Waals surface area (Å²) in [6.07, 6.45) is 0.800. The van der Waals surface area contributed by atoms with Crippen molar-refractivity contribution in [3.63, 3.8) is 0 Å². The van der Waals surface area contributed by atoms with Gasteiger partial charge in [-0.2, -0.15) is 0 Å². The van der Waals surface area contributed by atoms with Gasteiger partial charge in [0.1, 0.15) is 0 Å². The van der Waals surface area contributed by atoms with Crippen LogP contribution < -0.4 is 15.4 Å². The van der Waals surface area contributed by atoms with Crippen molar-refractivity contribution >= 4 is 21.6 Å². The van der Waals surface area contributed by atoms with Gasteiger partial charge >= 0.3 is 0 Å². The fourth-order valence-electron chi connectivity index (χ4n) is 2.61. The Balaban J connectivity index is 2.26. The number of hydrogen-bond donors (Lipinski definition) is 3. The van der Waals surface area contributed by atoms with Gasteiger partial charge in [0, 0.05) is 17.8 Å². The van der Waals surface area contributed by atoms with Crippen molar-refractivity contribution in [1.29, 1.82) is 0 Å². The van der Waals surface area contributed by atoms with Gasteiger partial charge in [0.15, 0.2) is 0 Å². The van der Waals surface area contributed by atoms with Crippen LogP contribution in [-0.2, 0) is 14.8 Å². The lowest BCUT2D eigenvalue weighted by atomic mass is 10.1. The van der Waals surface area contributed by atoms with Crippen LogP contribution in [0.15, 0.2) is 23.1 Å². The molecule has 1 amide bonds. The first kappa shape index (κ1) is 17.9. The predicted molar refractivity (Wildman–Crippen MR) is 90.9 cm³/mol. The molecule has 0 aliphatic carbocycles. The summed E-state index contributed by atoms with van der Waals surface area (Å²) in [5.41, 5.74) is 0.516. The van der Waals surface area contributed by atoms with Crippen molar-refractivity contribution in [3.8, 4) is 0 Å². The molecule has 1 unspecified atom stereocenters. The molecular weight excluding hydrogens is 314 g/mol. The Kier molecular flexibility index (Phi) is 5.13. The van der Waals surface area contributed by atoms with Gasteiger partial charge in [-0.05, 0) is 58.4 Å². The first-order valence-electron chi connectivity index (χ1n) is 7.75. The molecule has 0 radical (unpaired) electrons. The van der Waals surface area contributed by atoms with Crippen LogP contribution in [0.3, 0.4) is 0 Å². The van der Waals surface area contributed by atoms with Gasteiger partial charge in [0.05, 0.1) is 10.8 Å². The van der Waals surface area contributed by atoms with E-state index in [2.05, 4.69) is 15.4 Å². The first-order chi connectivity index (χ1) is 10.6. The van der Waals surface area contributed by atoms with Gasteiger partial charge in [0.2, 0.25) is 15.9 Å². The van der Waals surface area contributed by atoms with Crippen molar-refractivity contribution in [1.82, 2.24) is 10.0 Å². The highest BCUT2D eigenvalue weighted by atomic mass is 32.2. The van der Waals surface area contributed by atoms with E-state index in [1.165, 1.54) is 0 Å². The Morgan fingerprint density at radius 1 is 1.30 bits per heavy atom. The summed E-state index contributed by atoms with van der Waals surface area (Å²) < 4.78 is 27.7. The molecule has 0 saturated carbocycles. The summed E-state index contributed by atoms with van der Waals surface area (Å²) in [7, 11) is -3.64. The zero-order chi connectivity index (χ0) is 17.3. The number of nitrogens with one attached hydrogen (secondary N) is 3. The molecular formula is C16H25N3O3S. The number of carbonyl (C=O) groups is 1. The molecule has 0 spiro atoms. The van der Waals surface area contributed by atoms with Gasteiger partial charge in [-0.1, -0.05) is 6.07 Å². The Labute approximate surface area is 138 Å². The summed E-state index contributed by atoms with van der Waals surface area (Å²) in [6, 6.07) is 4.93. The van der Waals surface area contributed by atoms with Crippen LogP contribution >= 0.6 is 0 Å². The second-order valence-electron chi connectivity index (χ2n) is 6.96. The second kappa shape index (κ2) is 6.59. The molecule has 6 nitrogen and oxygen atoms in total. The van der Waals surface area contributed by atoms with E-state index in [1.54, 1.807) is 45.9 Å². The highest BCUT2D eigenvalue weighted by molar-refractivity contribution is 7.89. The minimum Gasteiger partial charge on any atom is -0.326 e. The smallest absolute Gasteiger partial charge is 0.241 e. The predicted octanol–water partition coefficient (Wildman–Crippen LogP) is 1.62. The average Bonchev–Trinajstić information content (AvgIpc) is 2.92. The lowest BCUT2D eigenvalue weighted by molar-refractivity contribution is -0.119. The van der Waals surface area contributed by atoms with E-state index in [9.17, 15) is 13.2 Å². The number of benzene rings is 1. The molecule has 1 aromatic rings. The third-order valence-electron chi connectivity index (χ3n) is 3.70. The standard InChI is InChI=1S/C16H25N3O3S/c1-11-13(18-15(20)12-8-9-17-10-12)6-5-7-14(11)23(21,22)19-16(2,3)4/h5-7,12,17,19H,8-10H2,1-4H3,(H,18,20). The van der Waals surface area contributed by atoms with Crippen molar-refractivity contribution in [2.24, 2.45) is 5.92 Å². The summed E-state index contributed by atoms with van der Waals surface area (Å²) in [5.74, 6) is -0.140. The zero-order valence-electron chi connectivity index (χ0n) is 14.1. The normalized spacial score (nSPS) is 18.9. The quantitative estimate of drug-likeness (QED) is 0.778. The van der Waals surface area contributed by atoms with Crippen LogP contribution in [0.5, 0.6) is 0 Å². The maximum Gasteiger partial charge on any atom is 0.241 e. The summed E-state index contributed by atoms with van der Waals surface area (Å²) in [4.78, 5) is 12.4. The largest absolute Gasteiger partial charge is 0.326 e. The van der Waals surface area contributed by atoms with Crippen molar-refractivity contribution in [3.05, 3.63) is 23.8 Å². The van der Waals surface area contributed by atoms with E-state index in [-0.39, 0.29) is 16.7 Å². The van der Waals surface area contributed by atoms with Crippen molar-refractivity contribution < 1.29 is 13.2 Å².